The van der Waals surface area contributed by atoms with E-state index < -0.39 is 18.3 Å². The van der Waals surface area contributed by atoms with Crippen molar-refractivity contribution in [1.82, 2.24) is 0 Å². The van der Waals surface area contributed by atoms with Crippen molar-refractivity contribution < 1.29 is 24.5 Å². The van der Waals surface area contributed by atoms with Gasteiger partial charge in [0.05, 0.1) is 18.3 Å². The number of carbonyl (C=O) groups is 1. The number of aliphatic hydroxyl groups is 3. The Hall–Kier alpha value is -1.56. The first kappa shape index (κ1) is 23.7. The maximum atomic E-state index is 13.6. The minimum atomic E-state index is -0.716. The van der Waals surface area contributed by atoms with Crippen LogP contribution >= 0.6 is 0 Å². The molecule has 0 spiro atoms. The number of ketones is 1. The lowest BCUT2D eigenvalue weighted by molar-refractivity contribution is -0.117. The third-order valence-corrected chi connectivity index (χ3v) is 6.04. The molecule has 1 aromatic carbocycles. The van der Waals surface area contributed by atoms with Crippen LogP contribution in [0.15, 0.2) is 30.3 Å². The molecule has 0 aliphatic heterocycles. The van der Waals surface area contributed by atoms with Gasteiger partial charge in [-0.25, -0.2) is 4.39 Å². The molecule has 5 heteroatoms. The SMILES string of the molecule is CC(=O)CCCCCC[C@@H]1[C@@H](CCC(O)C=Cc2ccccc2F)[C@H](O)C[C@@H]1O. The minimum Gasteiger partial charge on any atom is -0.393 e. The zero-order valence-corrected chi connectivity index (χ0v) is 17.3. The summed E-state index contributed by atoms with van der Waals surface area (Å²) in [7, 11) is 0. The second kappa shape index (κ2) is 12.2. The first-order valence-electron chi connectivity index (χ1n) is 10.8. The molecule has 0 aromatic heterocycles. The Kier molecular flexibility index (Phi) is 9.98. The lowest BCUT2D eigenvalue weighted by Crippen LogP contribution is -2.23. The Labute approximate surface area is 173 Å². The zero-order chi connectivity index (χ0) is 21.2. The van der Waals surface area contributed by atoms with E-state index in [0.717, 1.165) is 32.1 Å². The molecule has 29 heavy (non-hydrogen) atoms. The van der Waals surface area contributed by atoms with Crippen molar-refractivity contribution in [2.24, 2.45) is 11.8 Å². The van der Waals surface area contributed by atoms with E-state index in [1.165, 1.54) is 6.07 Å². The van der Waals surface area contributed by atoms with Gasteiger partial charge in [0.15, 0.2) is 0 Å². The molecule has 0 heterocycles. The molecule has 4 nitrogen and oxygen atoms in total. The van der Waals surface area contributed by atoms with Crippen LogP contribution in [0.2, 0.25) is 0 Å². The van der Waals surface area contributed by atoms with E-state index in [9.17, 15) is 24.5 Å². The molecule has 2 rings (SSSR count). The number of rotatable bonds is 12. The summed E-state index contributed by atoms with van der Waals surface area (Å²) in [5.41, 5.74) is 0.436. The molecular formula is C24H35FO4. The van der Waals surface area contributed by atoms with Gasteiger partial charge in [-0.15, -0.1) is 0 Å². The molecule has 1 unspecified atom stereocenters. The number of hydrogen-bond acceptors (Lipinski definition) is 4. The molecular weight excluding hydrogens is 371 g/mol. The highest BCUT2D eigenvalue weighted by molar-refractivity contribution is 5.75. The van der Waals surface area contributed by atoms with E-state index in [1.54, 1.807) is 37.3 Å². The molecule has 162 valence electrons. The third kappa shape index (κ3) is 8.00. The maximum absolute atomic E-state index is 13.6. The quantitative estimate of drug-likeness (QED) is 0.453. The molecule has 5 atom stereocenters. The number of carbonyl (C=O) groups excluding carboxylic acids is 1. The van der Waals surface area contributed by atoms with Crippen molar-refractivity contribution in [2.45, 2.75) is 83.0 Å². The highest BCUT2D eigenvalue weighted by Crippen LogP contribution is 2.39. The molecule has 1 saturated carbocycles. The number of hydrogen-bond donors (Lipinski definition) is 3. The van der Waals surface area contributed by atoms with Crippen LogP contribution in [0.4, 0.5) is 4.39 Å². The molecule has 0 bridgehead atoms. The molecule has 1 aromatic rings. The van der Waals surface area contributed by atoms with Gasteiger partial charge in [0.25, 0.3) is 0 Å². The summed E-state index contributed by atoms with van der Waals surface area (Å²) in [5.74, 6) is -0.0880. The Balaban J connectivity index is 1.77. The van der Waals surface area contributed by atoms with Gasteiger partial charge in [-0.3, -0.25) is 0 Å². The van der Waals surface area contributed by atoms with Crippen molar-refractivity contribution in [1.29, 1.82) is 0 Å². The summed E-state index contributed by atoms with van der Waals surface area (Å²) < 4.78 is 13.6. The van der Waals surface area contributed by atoms with Crippen LogP contribution in [0.1, 0.15) is 70.3 Å². The predicted octanol–water partition coefficient (Wildman–Crippen LogP) is 4.27. The number of Topliss-reactive ketones (excluding diaryl/α,β-unsaturated/α-hetero) is 1. The predicted molar refractivity (Wildman–Crippen MR) is 113 cm³/mol. The Morgan fingerprint density at radius 1 is 1.10 bits per heavy atom. The van der Waals surface area contributed by atoms with Crippen LogP contribution < -0.4 is 0 Å². The average molecular weight is 407 g/mol. The van der Waals surface area contributed by atoms with Gasteiger partial charge >= 0.3 is 0 Å². The second-order valence-electron chi connectivity index (χ2n) is 8.38. The topological polar surface area (TPSA) is 77.8 Å². The van der Waals surface area contributed by atoms with Crippen molar-refractivity contribution in [3.8, 4) is 0 Å². The van der Waals surface area contributed by atoms with E-state index in [0.29, 0.717) is 31.2 Å². The van der Waals surface area contributed by atoms with Gasteiger partial charge in [0.2, 0.25) is 0 Å². The van der Waals surface area contributed by atoms with Crippen molar-refractivity contribution in [2.75, 3.05) is 0 Å². The van der Waals surface area contributed by atoms with Crippen LogP contribution in [0.3, 0.4) is 0 Å². The van der Waals surface area contributed by atoms with Gasteiger partial charge in [-0.05, 0) is 56.9 Å². The van der Waals surface area contributed by atoms with E-state index >= 15 is 0 Å². The molecule has 3 N–H and O–H groups in total. The summed E-state index contributed by atoms with van der Waals surface area (Å²) in [6.45, 7) is 1.61. The summed E-state index contributed by atoms with van der Waals surface area (Å²) in [5, 5.41) is 30.9. The molecule has 1 aliphatic rings. The smallest absolute Gasteiger partial charge is 0.130 e. The lowest BCUT2D eigenvalue weighted by Gasteiger charge is -2.24. The van der Waals surface area contributed by atoms with Crippen molar-refractivity contribution >= 4 is 11.9 Å². The minimum absolute atomic E-state index is 0.0290. The Morgan fingerprint density at radius 2 is 1.76 bits per heavy atom. The van der Waals surface area contributed by atoms with Gasteiger partial charge in [-0.1, -0.05) is 49.6 Å². The standard InChI is InChI=1S/C24H35FO4/c1-17(26)8-4-2-3-5-10-20-21(24(29)16-23(20)28)15-14-19(27)13-12-18-9-6-7-11-22(18)25/h6-7,9,11-13,19-21,23-24,27-29H,2-5,8,10,14-16H2,1H3/t19?,20-,21-,23+,24-/m1/s1. The third-order valence-electron chi connectivity index (χ3n) is 6.04. The average Bonchev–Trinajstić information content (AvgIpc) is 2.94. The van der Waals surface area contributed by atoms with Gasteiger partial charge in [0.1, 0.15) is 11.6 Å². The fourth-order valence-corrected chi connectivity index (χ4v) is 4.37. The van der Waals surface area contributed by atoms with Crippen LogP contribution in [0.25, 0.3) is 6.08 Å². The van der Waals surface area contributed by atoms with Crippen molar-refractivity contribution in [3.05, 3.63) is 41.7 Å². The first-order valence-corrected chi connectivity index (χ1v) is 10.8. The Bertz CT molecular complexity index is 660. The summed E-state index contributed by atoms with van der Waals surface area (Å²) >= 11 is 0. The van der Waals surface area contributed by atoms with Crippen LogP contribution in [-0.4, -0.2) is 39.4 Å². The van der Waals surface area contributed by atoms with E-state index in [4.69, 9.17) is 0 Å². The van der Waals surface area contributed by atoms with Crippen LogP contribution in [0.5, 0.6) is 0 Å². The molecule has 0 amide bonds. The first-order chi connectivity index (χ1) is 13.9. The van der Waals surface area contributed by atoms with Gasteiger partial charge < -0.3 is 20.1 Å². The molecule has 1 fully saturated rings. The fraction of sp³-hybridized carbons (Fsp3) is 0.625. The number of halogens is 1. The van der Waals surface area contributed by atoms with E-state index in [-0.39, 0.29) is 23.4 Å². The largest absolute Gasteiger partial charge is 0.393 e. The number of aliphatic hydroxyl groups excluding tert-OH is 3. The Morgan fingerprint density at radius 3 is 2.45 bits per heavy atom. The second-order valence-corrected chi connectivity index (χ2v) is 8.38. The van der Waals surface area contributed by atoms with Crippen LogP contribution in [-0.2, 0) is 4.79 Å². The molecule has 0 saturated heterocycles. The highest BCUT2D eigenvalue weighted by atomic mass is 19.1. The fourth-order valence-electron chi connectivity index (χ4n) is 4.37. The zero-order valence-electron chi connectivity index (χ0n) is 17.3. The number of unbranched alkanes of at least 4 members (excludes halogenated alkanes) is 3. The maximum Gasteiger partial charge on any atom is 0.130 e. The van der Waals surface area contributed by atoms with Gasteiger partial charge in [0, 0.05) is 12.0 Å². The summed E-state index contributed by atoms with van der Waals surface area (Å²) in [4.78, 5) is 11.0. The summed E-state index contributed by atoms with van der Waals surface area (Å²) in [6.07, 6.45) is 8.27. The van der Waals surface area contributed by atoms with Crippen molar-refractivity contribution in [3.63, 3.8) is 0 Å². The van der Waals surface area contributed by atoms with E-state index in [2.05, 4.69) is 0 Å². The highest BCUT2D eigenvalue weighted by Gasteiger charge is 2.40. The molecule has 0 radical (unpaired) electrons. The van der Waals surface area contributed by atoms with E-state index in [1.807, 2.05) is 0 Å². The molecule has 1 aliphatic carbocycles. The van der Waals surface area contributed by atoms with Gasteiger partial charge in [-0.2, -0.15) is 0 Å². The lowest BCUT2D eigenvalue weighted by atomic mass is 9.85. The number of benzene rings is 1. The van der Waals surface area contributed by atoms with Crippen LogP contribution in [0, 0.1) is 17.7 Å². The summed E-state index contributed by atoms with van der Waals surface area (Å²) in [6, 6.07) is 6.41. The monoisotopic (exact) mass is 406 g/mol. The normalized spacial score (nSPS) is 25.6.